The fourth-order valence-corrected chi connectivity index (χ4v) is 2.56. The van der Waals surface area contributed by atoms with Crippen LogP contribution in [0.1, 0.15) is 6.92 Å². The second kappa shape index (κ2) is 6.61. The van der Waals surface area contributed by atoms with Gasteiger partial charge in [-0.05, 0) is 19.1 Å². The molecule has 0 saturated carbocycles. The van der Waals surface area contributed by atoms with Crippen molar-refractivity contribution in [2.75, 3.05) is 45.3 Å². The maximum atomic E-state index is 11.6. The lowest BCUT2D eigenvalue weighted by molar-refractivity contribution is -0.146. The summed E-state index contributed by atoms with van der Waals surface area (Å²) in [5, 5.41) is 0. The summed E-state index contributed by atoms with van der Waals surface area (Å²) in [6.45, 7) is 5.33. The number of hydrogen-bond donors (Lipinski definition) is 0. The number of methoxy groups -OCH3 is 2. The molecule has 0 aliphatic carbocycles. The highest BCUT2D eigenvalue weighted by atomic mass is 16.5. The van der Waals surface area contributed by atoms with Crippen LogP contribution in [0.2, 0.25) is 0 Å². The molecule has 1 fully saturated rings. The molecule has 0 amide bonds. The van der Waals surface area contributed by atoms with Crippen LogP contribution in [0.4, 0.5) is 5.69 Å². The van der Waals surface area contributed by atoms with Crippen molar-refractivity contribution >= 4 is 11.7 Å². The second-order valence-corrected chi connectivity index (χ2v) is 4.89. The number of rotatable bonds is 4. The first kappa shape index (κ1) is 14.7. The molecule has 2 rings (SSSR count). The Labute approximate surface area is 120 Å². The first-order valence-corrected chi connectivity index (χ1v) is 6.87. The third-order valence-electron chi connectivity index (χ3n) is 3.83. The third-order valence-corrected chi connectivity index (χ3v) is 3.83. The number of nitrogens with zero attached hydrogens (tertiary/aromatic N) is 2. The van der Waals surface area contributed by atoms with E-state index in [2.05, 4.69) is 15.9 Å². The first-order valence-electron chi connectivity index (χ1n) is 6.87. The quantitative estimate of drug-likeness (QED) is 0.778. The SMILES string of the molecule is COC(=O)C(C)N1CCN(c2ccccc2OC)CC1. The van der Waals surface area contributed by atoms with Crippen LogP contribution in [0.15, 0.2) is 24.3 Å². The van der Waals surface area contributed by atoms with Crippen molar-refractivity contribution in [2.24, 2.45) is 0 Å². The molecule has 0 spiro atoms. The van der Waals surface area contributed by atoms with Crippen LogP contribution >= 0.6 is 0 Å². The fraction of sp³-hybridized carbons (Fsp3) is 0.533. The summed E-state index contributed by atoms with van der Waals surface area (Å²) in [5.41, 5.74) is 1.11. The Morgan fingerprint density at radius 3 is 2.40 bits per heavy atom. The minimum absolute atomic E-state index is 0.171. The van der Waals surface area contributed by atoms with Gasteiger partial charge >= 0.3 is 5.97 Å². The summed E-state index contributed by atoms with van der Waals surface area (Å²) in [6.07, 6.45) is 0. The third kappa shape index (κ3) is 3.04. The maximum Gasteiger partial charge on any atom is 0.322 e. The molecule has 1 saturated heterocycles. The molecule has 1 heterocycles. The lowest BCUT2D eigenvalue weighted by Gasteiger charge is -2.38. The van der Waals surface area contributed by atoms with Gasteiger partial charge in [0.15, 0.2) is 0 Å². The predicted octanol–water partition coefficient (Wildman–Crippen LogP) is 1.38. The highest BCUT2D eigenvalue weighted by Crippen LogP contribution is 2.28. The molecule has 0 aromatic heterocycles. The number of hydrogen-bond acceptors (Lipinski definition) is 5. The zero-order chi connectivity index (χ0) is 14.5. The van der Waals surface area contributed by atoms with Crippen molar-refractivity contribution in [3.63, 3.8) is 0 Å². The minimum atomic E-state index is -0.181. The second-order valence-electron chi connectivity index (χ2n) is 4.89. The van der Waals surface area contributed by atoms with Crippen LogP contribution in [0.25, 0.3) is 0 Å². The molecule has 1 unspecified atom stereocenters. The van der Waals surface area contributed by atoms with Gasteiger partial charge in [0.2, 0.25) is 0 Å². The van der Waals surface area contributed by atoms with Crippen molar-refractivity contribution in [3.8, 4) is 5.75 Å². The van der Waals surface area contributed by atoms with E-state index in [9.17, 15) is 4.79 Å². The van der Waals surface area contributed by atoms with Gasteiger partial charge in [-0.25, -0.2) is 0 Å². The first-order chi connectivity index (χ1) is 9.67. The number of ether oxygens (including phenoxy) is 2. The van der Waals surface area contributed by atoms with E-state index in [0.29, 0.717) is 0 Å². The number of carbonyl (C=O) groups is 1. The molecule has 0 N–H and O–H groups in total. The monoisotopic (exact) mass is 278 g/mol. The van der Waals surface area contributed by atoms with Gasteiger partial charge < -0.3 is 14.4 Å². The predicted molar refractivity (Wildman–Crippen MR) is 78.3 cm³/mol. The Morgan fingerprint density at radius 2 is 1.80 bits per heavy atom. The smallest absolute Gasteiger partial charge is 0.322 e. The van der Waals surface area contributed by atoms with Gasteiger partial charge in [0.25, 0.3) is 0 Å². The average Bonchev–Trinajstić information content (AvgIpc) is 2.53. The number of anilines is 1. The number of para-hydroxylation sites is 2. The van der Waals surface area contributed by atoms with Crippen LogP contribution in [0.3, 0.4) is 0 Å². The standard InChI is InChI=1S/C15H22N2O3/c1-12(15(18)20-3)16-8-10-17(11-9-16)13-6-4-5-7-14(13)19-2/h4-7,12H,8-11H2,1-3H3. The maximum absolute atomic E-state index is 11.6. The molecular formula is C15H22N2O3. The molecule has 0 radical (unpaired) electrons. The van der Waals surface area contributed by atoms with Crippen LogP contribution in [0, 0.1) is 0 Å². The zero-order valence-electron chi connectivity index (χ0n) is 12.3. The van der Waals surface area contributed by atoms with Crippen molar-refractivity contribution in [1.29, 1.82) is 0 Å². The van der Waals surface area contributed by atoms with Crippen LogP contribution in [-0.4, -0.2) is 57.3 Å². The highest BCUT2D eigenvalue weighted by molar-refractivity contribution is 5.75. The number of carbonyl (C=O) groups excluding carboxylic acids is 1. The molecule has 1 aliphatic heterocycles. The van der Waals surface area contributed by atoms with E-state index in [1.807, 2.05) is 25.1 Å². The minimum Gasteiger partial charge on any atom is -0.495 e. The number of esters is 1. The molecule has 1 aromatic rings. The Kier molecular flexibility index (Phi) is 4.84. The van der Waals surface area contributed by atoms with Gasteiger partial charge in [0.05, 0.1) is 19.9 Å². The van der Waals surface area contributed by atoms with Crippen molar-refractivity contribution < 1.29 is 14.3 Å². The molecule has 1 aliphatic rings. The van der Waals surface area contributed by atoms with Crippen LogP contribution in [-0.2, 0) is 9.53 Å². The molecule has 110 valence electrons. The summed E-state index contributed by atoms with van der Waals surface area (Å²) >= 11 is 0. The summed E-state index contributed by atoms with van der Waals surface area (Å²) < 4.78 is 10.2. The van der Waals surface area contributed by atoms with Crippen LogP contribution < -0.4 is 9.64 Å². The van der Waals surface area contributed by atoms with E-state index in [-0.39, 0.29) is 12.0 Å². The Morgan fingerprint density at radius 1 is 1.15 bits per heavy atom. The van der Waals surface area contributed by atoms with Crippen molar-refractivity contribution in [3.05, 3.63) is 24.3 Å². The molecule has 0 bridgehead atoms. The van der Waals surface area contributed by atoms with Gasteiger partial charge in [0.1, 0.15) is 11.8 Å². The Balaban J connectivity index is 1.99. The molecule has 1 aromatic carbocycles. The fourth-order valence-electron chi connectivity index (χ4n) is 2.56. The van der Waals surface area contributed by atoms with E-state index < -0.39 is 0 Å². The molecule has 1 atom stereocenters. The van der Waals surface area contributed by atoms with Gasteiger partial charge in [-0.1, -0.05) is 12.1 Å². The summed E-state index contributed by atoms with van der Waals surface area (Å²) in [7, 11) is 3.12. The molecular weight excluding hydrogens is 256 g/mol. The molecule has 5 nitrogen and oxygen atoms in total. The number of piperazine rings is 1. The lowest BCUT2D eigenvalue weighted by Crippen LogP contribution is -2.52. The number of benzene rings is 1. The van der Waals surface area contributed by atoms with Gasteiger partial charge in [-0.15, -0.1) is 0 Å². The van der Waals surface area contributed by atoms with Gasteiger partial charge in [0, 0.05) is 26.2 Å². The summed E-state index contributed by atoms with van der Waals surface area (Å²) in [4.78, 5) is 16.0. The highest BCUT2D eigenvalue weighted by Gasteiger charge is 2.26. The zero-order valence-corrected chi connectivity index (χ0v) is 12.3. The van der Waals surface area contributed by atoms with Gasteiger partial charge in [-0.3, -0.25) is 9.69 Å². The van der Waals surface area contributed by atoms with E-state index in [1.54, 1.807) is 7.11 Å². The Hall–Kier alpha value is -1.75. The van der Waals surface area contributed by atoms with Gasteiger partial charge in [-0.2, -0.15) is 0 Å². The van der Waals surface area contributed by atoms with Crippen LogP contribution in [0.5, 0.6) is 5.75 Å². The van der Waals surface area contributed by atoms with E-state index in [1.165, 1.54) is 7.11 Å². The molecule has 20 heavy (non-hydrogen) atoms. The van der Waals surface area contributed by atoms with Crippen molar-refractivity contribution in [1.82, 2.24) is 4.90 Å². The Bertz CT molecular complexity index is 456. The topological polar surface area (TPSA) is 42.0 Å². The van der Waals surface area contributed by atoms with E-state index >= 15 is 0 Å². The van der Waals surface area contributed by atoms with E-state index in [4.69, 9.17) is 9.47 Å². The molecule has 5 heteroatoms. The van der Waals surface area contributed by atoms with E-state index in [0.717, 1.165) is 37.6 Å². The van der Waals surface area contributed by atoms with Crippen molar-refractivity contribution in [2.45, 2.75) is 13.0 Å². The largest absolute Gasteiger partial charge is 0.495 e. The lowest BCUT2D eigenvalue weighted by atomic mass is 10.2. The average molecular weight is 278 g/mol. The normalized spacial score (nSPS) is 17.6. The summed E-state index contributed by atoms with van der Waals surface area (Å²) in [6, 6.07) is 7.84. The summed E-state index contributed by atoms with van der Waals surface area (Å²) in [5.74, 6) is 0.720.